The zero-order valence-electron chi connectivity index (χ0n) is 13.8. The Hall–Kier alpha value is -3.40. The van der Waals surface area contributed by atoms with Crippen molar-refractivity contribution in [2.45, 2.75) is 6.04 Å². The van der Waals surface area contributed by atoms with E-state index in [1.54, 1.807) is 16.7 Å². The SMILES string of the molecule is O=C1c2ccccc2N[C@@H](c2ccccc2)c2cc3ccc(F)cc3n21. The molecule has 1 aliphatic heterocycles. The Kier molecular flexibility index (Phi) is 3.19. The molecule has 0 fully saturated rings. The predicted octanol–water partition coefficient (Wildman–Crippen LogP) is 4.98. The van der Waals surface area contributed by atoms with Crippen molar-refractivity contribution in [1.29, 1.82) is 0 Å². The molecule has 3 nitrogen and oxygen atoms in total. The number of hydrogen-bond acceptors (Lipinski definition) is 2. The number of para-hydroxylation sites is 1. The molecule has 0 saturated carbocycles. The van der Waals surface area contributed by atoms with Crippen LogP contribution >= 0.6 is 0 Å². The minimum absolute atomic E-state index is 0.151. The Morgan fingerprint density at radius 2 is 1.65 bits per heavy atom. The second-order valence-corrected chi connectivity index (χ2v) is 6.45. The first-order valence-corrected chi connectivity index (χ1v) is 8.48. The Bertz CT molecular complexity index is 1150. The summed E-state index contributed by atoms with van der Waals surface area (Å²) >= 11 is 0. The quantitative estimate of drug-likeness (QED) is 0.529. The topological polar surface area (TPSA) is 34.0 Å². The van der Waals surface area contributed by atoms with E-state index in [9.17, 15) is 9.18 Å². The molecule has 2 heterocycles. The van der Waals surface area contributed by atoms with Crippen molar-refractivity contribution in [3.63, 3.8) is 0 Å². The lowest BCUT2D eigenvalue weighted by molar-refractivity contribution is 0.0964. The van der Waals surface area contributed by atoms with Crippen LogP contribution < -0.4 is 5.32 Å². The van der Waals surface area contributed by atoms with Gasteiger partial charge in [0.15, 0.2) is 0 Å². The number of anilines is 1. The van der Waals surface area contributed by atoms with Gasteiger partial charge in [-0.2, -0.15) is 0 Å². The van der Waals surface area contributed by atoms with E-state index >= 15 is 0 Å². The molecular weight excluding hydrogens is 327 g/mol. The minimum Gasteiger partial charge on any atom is -0.372 e. The molecule has 0 radical (unpaired) electrons. The van der Waals surface area contributed by atoms with Crippen molar-refractivity contribution < 1.29 is 9.18 Å². The summed E-state index contributed by atoms with van der Waals surface area (Å²) in [5.41, 5.74) is 3.79. The van der Waals surface area contributed by atoms with E-state index in [0.717, 1.165) is 22.3 Å². The van der Waals surface area contributed by atoms with Crippen LogP contribution in [-0.2, 0) is 0 Å². The summed E-state index contributed by atoms with van der Waals surface area (Å²) in [6, 6.07) is 23.7. The van der Waals surface area contributed by atoms with Gasteiger partial charge in [0, 0.05) is 11.1 Å². The van der Waals surface area contributed by atoms with Crippen LogP contribution in [-0.4, -0.2) is 10.5 Å². The molecule has 1 N–H and O–H groups in total. The molecule has 4 heteroatoms. The highest BCUT2D eigenvalue weighted by Gasteiger charge is 2.29. The van der Waals surface area contributed by atoms with E-state index in [0.29, 0.717) is 11.1 Å². The zero-order valence-corrected chi connectivity index (χ0v) is 13.8. The van der Waals surface area contributed by atoms with Gasteiger partial charge in [-0.25, -0.2) is 4.39 Å². The van der Waals surface area contributed by atoms with Gasteiger partial charge in [0.1, 0.15) is 5.82 Å². The van der Waals surface area contributed by atoms with Crippen LogP contribution in [0.2, 0.25) is 0 Å². The van der Waals surface area contributed by atoms with Gasteiger partial charge in [0.25, 0.3) is 5.91 Å². The van der Waals surface area contributed by atoms with Gasteiger partial charge in [-0.1, -0.05) is 42.5 Å². The number of carbonyl (C=O) groups is 1. The average molecular weight is 342 g/mol. The van der Waals surface area contributed by atoms with Crippen LogP contribution in [0.25, 0.3) is 10.9 Å². The summed E-state index contributed by atoms with van der Waals surface area (Å²) in [4.78, 5) is 13.3. The first kappa shape index (κ1) is 14.9. The average Bonchev–Trinajstić information content (AvgIpc) is 2.99. The van der Waals surface area contributed by atoms with Crippen LogP contribution in [0, 0.1) is 5.82 Å². The maximum atomic E-state index is 13.9. The number of nitrogens with zero attached hydrogens (tertiary/aromatic N) is 1. The van der Waals surface area contributed by atoms with Gasteiger partial charge >= 0.3 is 0 Å². The van der Waals surface area contributed by atoms with E-state index in [4.69, 9.17) is 0 Å². The Balaban J connectivity index is 1.85. The van der Waals surface area contributed by atoms with E-state index in [1.165, 1.54) is 12.1 Å². The van der Waals surface area contributed by atoms with Gasteiger partial charge in [0.05, 0.1) is 22.8 Å². The number of benzene rings is 3. The molecule has 0 aliphatic carbocycles. The summed E-state index contributed by atoms with van der Waals surface area (Å²) in [5, 5.41) is 4.35. The third-order valence-electron chi connectivity index (χ3n) is 4.88. The third kappa shape index (κ3) is 2.15. The fourth-order valence-electron chi connectivity index (χ4n) is 3.68. The van der Waals surface area contributed by atoms with Gasteiger partial charge in [-0.15, -0.1) is 0 Å². The summed E-state index contributed by atoms with van der Waals surface area (Å²) in [6.45, 7) is 0. The van der Waals surface area contributed by atoms with Crippen molar-refractivity contribution in [2.24, 2.45) is 0 Å². The maximum Gasteiger partial charge on any atom is 0.264 e. The molecule has 0 bridgehead atoms. The molecule has 4 aromatic rings. The second kappa shape index (κ2) is 5.56. The van der Waals surface area contributed by atoms with Crippen LogP contribution in [0.3, 0.4) is 0 Å². The van der Waals surface area contributed by atoms with Crippen LogP contribution in [0.1, 0.15) is 27.7 Å². The van der Waals surface area contributed by atoms with Crippen molar-refractivity contribution >= 4 is 22.5 Å². The monoisotopic (exact) mass is 342 g/mol. The largest absolute Gasteiger partial charge is 0.372 e. The van der Waals surface area contributed by atoms with E-state index in [1.807, 2.05) is 54.6 Å². The molecule has 0 unspecified atom stereocenters. The van der Waals surface area contributed by atoms with Crippen molar-refractivity contribution in [2.75, 3.05) is 5.32 Å². The van der Waals surface area contributed by atoms with Crippen LogP contribution in [0.4, 0.5) is 10.1 Å². The number of hydrogen-bond donors (Lipinski definition) is 1. The molecule has 0 saturated heterocycles. The van der Waals surface area contributed by atoms with Gasteiger partial charge in [0.2, 0.25) is 0 Å². The highest BCUT2D eigenvalue weighted by Crippen LogP contribution is 2.36. The van der Waals surface area contributed by atoms with Gasteiger partial charge in [-0.05, 0) is 42.0 Å². The van der Waals surface area contributed by atoms with Crippen molar-refractivity contribution in [1.82, 2.24) is 4.57 Å². The molecule has 26 heavy (non-hydrogen) atoms. The second-order valence-electron chi connectivity index (χ2n) is 6.45. The van der Waals surface area contributed by atoms with Crippen molar-refractivity contribution in [3.05, 3.63) is 102 Å². The summed E-state index contributed by atoms with van der Waals surface area (Å²) in [5.74, 6) is -0.505. The molecule has 1 aromatic heterocycles. The molecule has 0 amide bonds. The van der Waals surface area contributed by atoms with E-state index in [2.05, 4.69) is 5.32 Å². The Morgan fingerprint density at radius 3 is 2.50 bits per heavy atom. The first-order chi connectivity index (χ1) is 12.7. The summed E-state index contributed by atoms with van der Waals surface area (Å²) in [7, 11) is 0. The molecular formula is C22H15FN2O. The maximum absolute atomic E-state index is 13.9. The number of halogens is 1. The molecule has 3 aromatic carbocycles. The molecule has 126 valence electrons. The minimum atomic E-state index is -0.354. The normalized spacial score (nSPS) is 15.9. The summed E-state index contributed by atoms with van der Waals surface area (Å²) < 4.78 is 15.5. The van der Waals surface area contributed by atoms with Crippen LogP contribution in [0.5, 0.6) is 0 Å². The lowest BCUT2D eigenvalue weighted by Gasteiger charge is -2.19. The first-order valence-electron chi connectivity index (χ1n) is 8.48. The smallest absolute Gasteiger partial charge is 0.264 e. The number of rotatable bonds is 1. The number of fused-ring (bicyclic) bond motifs is 4. The lowest BCUT2D eigenvalue weighted by atomic mass is 10.0. The number of nitrogens with one attached hydrogen (secondary N) is 1. The molecule has 0 spiro atoms. The zero-order chi connectivity index (χ0) is 17.7. The third-order valence-corrected chi connectivity index (χ3v) is 4.88. The Labute approximate surface area is 149 Å². The predicted molar refractivity (Wildman–Crippen MR) is 100.0 cm³/mol. The van der Waals surface area contributed by atoms with E-state index in [-0.39, 0.29) is 17.8 Å². The Morgan fingerprint density at radius 1 is 0.885 bits per heavy atom. The number of carbonyl (C=O) groups excluding carboxylic acids is 1. The number of aromatic nitrogens is 1. The van der Waals surface area contributed by atoms with Crippen molar-refractivity contribution in [3.8, 4) is 0 Å². The highest BCUT2D eigenvalue weighted by atomic mass is 19.1. The van der Waals surface area contributed by atoms with Crippen LogP contribution in [0.15, 0.2) is 78.9 Å². The fourth-order valence-corrected chi connectivity index (χ4v) is 3.68. The highest BCUT2D eigenvalue weighted by molar-refractivity contribution is 6.07. The van der Waals surface area contributed by atoms with E-state index < -0.39 is 0 Å². The molecule has 5 rings (SSSR count). The fraction of sp³-hybridized carbons (Fsp3) is 0.0455. The summed E-state index contributed by atoms with van der Waals surface area (Å²) in [6.07, 6.45) is 0. The van der Waals surface area contributed by atoms with Gasteiger partial charge in [-0.3, -0.25) is 9.36 Å². The standard InChI is InChI=1S/C22H15FN2O/c23-16-11-10-15-12-20-21(14-6-2-1-3-7-14)24-18-9-5-4-8-17(18)22(26)25(20)19(15)13-16/h1-13,21,24H/t21-/m0/s1. The van der Waals surface area contributed by atoms with Gasteiger partial charge < -0.3 is 5.32 Å². The molecule has 1 aliphatic rings. The molecule has 1 atom stereocenters. The lowest BCUT2D eigenvalue weighted by Crippen LogP contribution is -2.16.